The Balaban J connectivity index is 0.00000324. The SMILES string of the molecule is CC(C)NCC1CC(=O)N(CCCN2CCN(c3ccccc3OC3CCCC3)CC2)C1=O.Cl. The number of likely N-dealkylation sites (tertiary alicyclic amines) is 1. The van der Waals surface area contributed by atoms with Gasteiger partial charge in [0.25, 0.3) is 0 Å². The molecular formula is C26H41ClN4O3. The van der Waals surface area contributed by atoms with Crippen LogP contribution in [0.3, 0.4) is 0 Å². The van der Waals surface area contributed by atoms with Crippen LogP contribution in [0.1, 0.15) is 52.4 Å². The molecule has 0 spiro atoms. The second-order valence-electron chi connectivity index (χ2n) is 10.0. The maximum atomic E-state index is 12.6. The van der Waals surface area contributed by atoms with Crippen molar-refractivity contribution < 1.29 is 14.3 Å². The molecule has 34 heavy (non-hydrogen) atoms. The molecule has 190 valence electrons. The molecule has 1 aliphatic carbocycles. The predicted molar refractivity (Wildman–Crippen MR) is 138 cm³/mol. The topological polar surface area (TPSA) is 65.1 Å². The van der Waals surface area contributed by atoms with Gasteiger partial charge >= 0.3 is 0 Å². The molecule has 1 aromatic rings. The van der Waals surface area contributed by atoms with Gasteiger partial charge < -0.3 is 15.0 Å². The molecule has 0 aromatic heterocycles. The second-order valence-corrected chi connectivity index (χ2v) is 10.0. The number of para-hydroxylation sites is 2. The van der Waals surface area contributed by atoms with Crippen LogP contribution < -0.4 is 15.0 Å². The number of nitrogens with one attached hydrogen (secondary N) is 1. The van der Waals surface area contributed by atoms with E-state index in [4.69, 9.17) is 4.74 Å². The molecule has 1 atom stereocenters. The Morgan fingerprint density at radius 3 is 2.44 bits per heavy atom. The normalized spacial score (nSPS) is 22.0. The molecule has 1 saturated carbocycles. The van der Waals surface area contributed by atoms with Crippen LogP contribution in [0, 0.1) is 5.92 Å². The standard InChI is InChI=1S/C26H40N4O3.ClH/c1-20(2)27-19-21-18-25(31)30(26(21)32)13-7-12-28-14-16-29(17-15-28)23-10-5-6-11-24(23)33-22-8-3-4-9-22;/h5-6,10-11,20-22,27H,3-4,7-9,12-19H2,1-2H3;1H. The van der Waals surface area contributed by atoms with E-state index in [-0.39, 0.29) is 30.1 Å². The fraction of sp³-hybridized carbons (Fsp3) is 0.692. The fourth-order valence-electron chi connectivity index (χ4n) is 5.19. The molecule has 8 heteroatoms. The van der Waals surface area contributed by atoms with Crippen LogP contribution in [0.4, 0.5) is 5.69 Å². The summed E-state index contributed by atoms with van der Waals surface area (Å²) in [4.78, 5) is 31.3. The smallest absolute Gasteiger partial charge is 0.234 e. The van der Waals surface area contributed by atoms with E-state index in [1.165, 1.54) is 36.3 Å². The van der Waals surface area contributed by atoms with Gasteiger partial charge in [-0.05, 0) is 50.8 Å². The number of imide groups is 1. The molecule has 1 aromatic carbocycles. The molecule has 7 nitrogen and oxygen atoms in total. The zero-order chi connectivity index (χ0) is 23.2. The first-order chi connectivity index (χ1) is 16.0. The third-order valence-electron chi connectivity index (χ3n) is 7.14. The summed E-state index contributed by atoms with van der Waals surface area (Å²) in [6.07, 6.45) is 6.43. The first kappa shape index (κ1) is 26.8. The summed E-state index contributed by atoms with van der Waals surface area (Å²) in [6.45, 7) is 10.1. The van der Waals surface area contributed by atoms with Crippen molar-refractivity contribution in [3.63, 3.8) is 0 Å². The molecule has 1 N–H and O–H groups in total. The number of nitrogens with zero attached hydrogens (tertiary/aromatic N) is 3. The lowest BCUT2D eigenvalue weighted by Crippen LogP contribution is -2.47. The number of hydrogen-bond donors (Lipinski definition) is 1. The molecule has 1 unspecified atom stereocenters. The summed E-state index contributed by atoms with van der Waals surface area (Å²) in [7, 11) is 0. The predicted octanol–water partition coefficient (Wildman–Crippen LogP) is 3.32. The third kappa shape index (κ3) is 6.86. The number of ether oxygens (including phenoxy) is 1. The summed E-state index contributed by atoms with van der Waals surface area (Å²) < 4.78 is 6.34. The average Bonchev–Trinajstić information content (AvgIpc) is 3.42. The molecule has 2 heterocycles. The molecule has 4 rings (SSSR count). The number of rotatable bonds is 10. The van der Waals surface area contributed by atoms with Crippen molar-refractivity contribution in [3.05, 3.63) is 24.3 Å². The Bertz CT molecular complexity index is 807. The molecule has 2 amide bonds. The number of piperazine rings is 1. The van der Waals surface area contributed by atoms with Gasteiger partial charge in [0.2, 0.25) is 11.8 Å². The van der Waals surface area contributed by atoms with E-state index in [2.05, 4.69) is 53.2 Å². The van der Waals surface area contributed by atoms with E-state index in [1.54, 1.807) is 0 Å². The quantitative estimate of drug-likeness (QED) is 0.505. The highest BCUT2D eigenvalue weighted by atomic mass is 35.5. The van der Waals surface area contributed by atoms with Crippen LogP contribution in [0.25, 0.3) is 0 Å². The van der Waals surface area contributed by atoms with E-state index in [0.29, 0.717) is 31.7 Å². The summed E-state index contributed by atoms with van der Waals surface area (Å²) >= 11 is 0. The molecule has 0 bridgehead atoms. The number of benzene rings is 1. The van der Waals surface area contributed by atoms with Crippen molar-refractivity contribution in [2.24, 2.45) is 5.92 Å². The fourth-order valence-corrected chi connectivity index (χ4v) is 5.19. The maximum absolute atomic E-state index is 12.6. The van der Waals surface area contributed by atoms with Gasteiger partial charge in [0.1, 0.15) is 5.75 Å². The Morgan fingerprint density at radius 1 is 1.03 bits per heavy atom. The highest BCUT2D eigenvalue weighted by Gasteiger charge is 2.37. The van der Waals surface area contributed by atoms with Crippen LogP contribution in [-0.2, 0) is 9.59 Å². The van der Waals surface area contributed by atoms with E-state index in [0.717, 1.165) is 44.9 Å². The number of amides is 2. The maximum Gasteiger partial charge on any atom is 0.234 e. The van der Waals surface area contributed by atoms with Gasteiger partial charge in [-0.25, -0.2) is 0 Å². The monoisotopic (exact) mass is 492 g/mol. The Hall–Kier alpha value is -1.83. The Labute approximate surface area is 210 Å². The van der Waals surface area contributed by atoms with Gasteiger partial charge in [-0.15, -0.1) is 12.4 Å². The molecule has 0 radical (unpaired) electrons. The van der Waals surface area contributed by atoms with E-state index < -0.39 is 0 Å². The van der Waals surface area contributed by atoms with Gasteiger partial charge in [0.05, 0.1) is 17.7 Å². The second kappa shape index (κ2) is 12.8. The lowest BCUT2D eigenvalue weighted by Gasteiger charge is -2.37. The van der Waals surface area contributed by atoms with Crippen LogP contribution in [-0.4, -0.2) is 79.6 Å². The Kier molecular flexibility index (Phi) is 10.0. The zero-order valence-electron chi connectivity index (χ0n) is 20.7. The van der Waals surface area contributed by atoms with Crippen LogP contribution in [0.2, 0.25) is 0 Å². The first-order valence-electron chi connectivity index (χ1n) is 12.8. The Morgan fingerprint density at radius 2 is 1.74 bits per heavy atom. The summed E-state index contributed by atoms with van der Waals surface area (Å²) in [5.41, 5.74) is 1.21. The highest BCUT2D eigenvalue weighted by Crippen LogP contribution is 2.32. The average molecular weight is 493 g/mol. The van der Waals surface area contributed by atoms with E-state index in [1.807, 2.05) is 0 Å². The van der Waals surface area contributed by atoms with Crippen molar-refractivity contribution in [1.82, 2.24) is 15.1 Å². The van der Waals surface area contributed by atoms with Crippen molar-refractivity contribution >= 4 is 29.9 Å². The number of hydrogen-bond acceptors (Lipinski definition) is 6. The zero-order valence-corrected chi connectivity index (χ0v) is 21.5. The molecule has 2 aliphatic heterocycles. The first-order valence-corrected chi connectivity index (χ1v) is 12.8. The van der Waals surface area contributed by atoms with Crippen molar-refractivity contribution in [2.45, 2.75) is 64.5 Å². The summed E-state index contributed by atoms with van der Waals surface area (Å²) in [6, 6.07) is 8.76. The van der Waals surface area contributed by atoms with Crippen molar-refractivity contribution in [2.75, 3.05) is 50.7 Å². The number of carbonyl (C=O) groups is 2. The van der Waals surface area contributed by atoms with Crippen LogP contribution in [0.5, 0.6) is 5.75 Å². The van der Waals surface area contributed by atoms with Crippen LogP contribution in [0.15, 0.2) is 24.3 Å². The minimum atomic E-state index is -0.199. The largest absolute Gasteiger partial charge is 0.488 e. The van der Waals surface area contributed by atoms with E-state index >= 15 is 0 Å². The minimum absolute atomic E-state index is 0. The number of halogens is 1. The van der Waals surface area contributed by atoms with Gasteiger partial charge in [0, 0.05) is 51.7 Å². The van der Waals surface area contributed by atoms with E-state index in [9.17, 15) is 9.59 Å². The lowest BCUT2D eigenvalue weighted by atomic mass is 10.1. The summed E-state index contributed by atoms with van der Waals surface area (Å²) in [5, 5.41) is 3.29. The molecule has 2 saturated heterocycles. The van der Waals surface area contributed by atoms with Crippen molar-refractivity contribution in [1.29, 1.82) is 0 Å². The lowest BCUT2D eigenvalue weighted by molar-refractivity contribution is -0.139. The summed E-state index contributed by atoms with van der Waals surface area (Å²) in [5.74, 6) is 0.802. The van der Waals surface area contributed by atoms with Gasteiger partial charge in [-0.3, -0.25) is 19.4 Å². The van der Waals surface area contributed by atoms with Crippen LogP contribution >= 0.6 is 12.4 Å². The number of carbonyl (C=O) groups excluding carboxylic acids is 2. The van der Waals surface area contributed by atoms with Gasteiger partial charge in [-0.1, -0.05) is 26.0 Å². The minimum Gasteiger partial charge on any atom is -0.488 e. The number of anilines is 1. The molecular weight excluding hydrogens is 452 g/mol. The highest BCUT2D eigenvalue weighted by molar-refractivity contribution is 6.03. The van der Waals surface area contributed by atoms with Gasteiger partial charge in [-0.2, -0.15) is 0 Å². The van der Waals surface area contributed by atoms with Crippen molar-refractivity contribution in [3.8, 4) is 5.75 Å². The molecule has 3 aliphatic rings. The molecule has 3 fully saturated rings. The third-order valence-corrected chi connectivity index (χ3v) is 7.14. The van der Waals surface area contributed by atoms with Gasteiger partial charge in [0.15, 0.2) is 0 Å².